The highest BCUT2D eigenvalue weighted by atomic mass is 35.5. The van der Waals surface area contributed by atoms with Crippen molar-refractivity contribution in [2.45, 2.75) is 13.5 Å². The quantitative estimate of drug-likeness (QED) is 0.398. The fourth-order valence-electron chi connectivity index (χ4n) is 2.74. The number of amides is 2. The van der Waals surface area contributed by atoms with Crippen molar-refractivity contribution in [1.29, 1.82) is 0 Å². The lowest BCUT2D eigenvalue weighted by molar-refractivity contribution is -0.145. The standard InChI is InChI=1S/C24H21ClN2O5/c1-16(28)27-21(13-17-5-3-2-4-6-17)24(30)31-15-23(29)26-14-20-11-12-22(32-20)18-7-9-19(25)10-8-18/h2-13H,14-15H2,1H3,(H,26,29)(H,27,28)/b21-13+. The summed E-state index contributed by atoms with van der Waals surface area (Å²) in [6, 6.07) is 19.7. The summed E-state index contributed by atoms with van der Waals surface area (Å²) in [7, 11) is 0. The van der Waals surface area contributed by atoms with Gasteiger partial charge < -0.3 is 19.8 Å². The van der Waals surface area contributed by atoms with Gasteiger partial charge in [-0.2, -0.15) is 0 Å². The normalized spacial score (nSPS) is 11.0. The van der Waals surface area contributed by atoms with Gasteiger partial charge >= 0.3 is 5.97 Å². The zero-order valence-corrected chi connectivity index (χ0v) is 18.0. The van der Waals surface area contributed by atoms with Crippen LogP contribution < -0.4 is 10.6 Å². The molecule has 2 amide bonds. The Morgan fingerprint density at radius 1 is 1.00 bits per heavy atom. The maximum Gasteiger partial charge on any atom is 0.355 e. The molecule has 0 atom stereocenters. The molecule has 0 aliphatic rings. The van der Waals surface area contributed by atoms with E-state index >= 15 is 0 Å². The van der Waals surface area contributed by atoms with Crippen LogP contribution in [0.2, 0.25) is 5.02 Å². The van der Waals surface area contributed by atoms with E-state index in [4.69, 9.17) is 20.8 Å². The zero-order valence-electron chi connectivity index (χ0n) is 17.3. The van der Waals surface area contributed by atoms with Crippen molar-refractivity contribution in [3.05, 3.63) is 88.8 Å². The third-order valence-electron chi connectivity index (χ3n) is 4.23. The van der Waals surface area contributed by atoms with Crippen molar-refractivity contribution in [3.8, 4) is 11.3 Å². The molecule has 1 heterocycles. The summed E-state index contributed by atoms with van der Waals surface area (Å²) in [5, 5.41) is 5.67. The summed E-state index contributed by atoms with van der Waals surface area (Å²) in [5.41, 5.74) is 1.50. The smallest absolute Gasteiger partial charge is 0.355 e. The van der Waals surface area contributed by atoms with Gasteiger partial charge in [0.15, 0.2) is 6.61 Å². The molecule has 0 fully saturated rings. The number of hydrogen-bond donors (Lipinski definition) is 2. The van der Waals surface area contributed by atoms with E-state index in [-0.39, 0.29) is 12.2 Å². The maximum atomic E-state index is 12.3. The molecule has 7 nitrogen and oxygen atoms in total. The number of benzene rings is 2. The van der Waals surface area contributed by atoms with Gasteiger partial charge in [0, 0.05) is 17.5 Å². The van der Waals surface area contributed by atoms with Crippen LogP contribution in [0.15, 0.2) is 76.8 Å². The SMILES string of the molecule is CC(=O)N/C(=C/c1ccccc1)C(=O)OCC(=O)NCc1ccc(-c2ccc(Cl)cc2)o1. The number of rotatable bonds is 8. The third kappa shape index (κ3) is 6.85. The molecule has 3 aromatic rings. The van der Waals surface area contributed by atoms with Gasteiger partial charge in [-0.1, -0.05) is 41.9 Å². The summed E-state index contributed by atoms with van der Waals surface area (Å²) < 4.78 is 10.7. The largest absolute Gasteiger partial charge is 0.459 e. The monoisotopic (exact) mass is 452 g/mol. The Bertz CT molecular complexity index is 1120. The van der Waals surface area contributed by atoms with Crippen molar-refractivity contribution < 1.29 is 23.5 Å². The van der Waals surface area contributed by atoms with Crippen LogP contribution in [0, 0.1) is 0 Å². The number of nitrogens with one attached hydrogen (secondary N) is 2. The van der Waals surface area contributed by atoms with Crippen LogP contribution in [0.4, 0.5) is 0 Å². The predicted octanol–water partition coefficient (Wildman–Crippen LogP) is 3.94. The van der Waals surface area contributed by atoms with Gasteiger partial charge in [0.25, 0.3) is 5.91 Å². The molecular formula is C24H21ClN2O5. The van der Waals surface area contributed by atoms with E-state index in [0.717, 1.165) is 5.56 Å². The Morgan fingerprint density at radius 2 is 1.72 bits per heavy atom. The molecule has 0 aliphatic heterocycles. The first-order valence-corrected chi connectivity index (χ1v) is 10.1. The zero-order chi connectivity index (χ0) is 22.9. The molecule has 0 saturated heterocycles. The molecule has 0 saturated carbocycles. The first-order valence-electron chi connectivity index (χ1n) is 9.73. The van der Waals surface area contributed by atoms with Gasteiger partial charge in [-0.15, -0.1) is 0 Å². The number of halogens is 1. The number of esters is 1. The number of furan rings is 1. The molecule has 0 aliphatic carbocycles. The predicted molar refractivity (Wildman–Crippen MR) is 120 cm³/mol. The maximum absolute atomic E-state index is 12.3. The van der Waals surface area contributed by atoms with Crippen LogP contribution in [0.25, 0.3) is 17.4 Å². The first-order chi connectivity index (χ1) is 15.4. The number of hydrogen-bond acceptors (Lipinski definition) is 5. The minimum Gasteiger partial charge on any atom is -0.459 e. The van der Waals surface area contributed by atoms with Crippen molar-refractivity contribution in [2.24, 2.45) is 0 Å². The molecule has 1 aromatic heterocycles. The summed E-state index contributed by atoms with van der Waals surface area (Å²) in [6.07, 6.45) is 1.47. The topological polar surface area (TPSA) is 97.6 Å². The van der Waals surface area contributed by atoms with Crippen LogP contribution in [0.3, 0.4) is 0 Å². The van der Waals surface area contributed by atoms with E-state index in [0.29, 0.717) is 22.1 Å². The minimum absolute atomic E-state index is 0.0601. The Kier molecular flexibility index (Phi) is 7.83. The van der Waals surface area contributed by atoms with E-state index in [9.17, 15) is 14.4 Å². The number of carbonyl (C=O) groups excluding carboxylic acids is 3. The van der Waals surface area contributed by atoms with Crippen LogP contribution >= 0.6 is 11.6 Å². The first kappa shape index (κ1) is 22.8. The average molecular weight is 453 g/mol. The molecule has 2 aromatic carbocycles. The van der Waals surface area contributed by atoms with Crippen molar-refractivity contribution in [3.63, 3.8) is 0 Å². The van der Waals surface area contributed by atoms with Crippen molar-refractivity contribution in [2.75, 3.05) is 6.61 Å². The number of ether oxygens (including phenoxy) is 1. The highest BCUT2D eigenvalue weighted by Crippen LogP contribution is 2.23. The lowest BCUT2D eigenvalue weighted by atomic mass is 10.2. The highest BCUT2D eigenvalue weighted by molar-refractivity contribution is 6.30. The van der Waals surface area contributed by atoms with Crippen LogP contribution in [0.5, 0.6) is 0 Å². The van der Waals surface area contributed by atoms with E-state index in [1.165, 1.54) is 13.0 Å². The second-order valence-electron chi connectivity index (χ2n) is 6.78. The van der Waals surface area contributed by atoms with Gasteiger partial charge in [-0.05, 0) is 48.0 Å². The minimum atomic E-state index is -0.817. The van der Waals surface area contributed by atoms with Gasteiger partial charge in [0.1, 0.15) is 17.2 Å². The third-order valence-corrected chi connectivity index (χ3v) is 4.48. The molecule has 2 N–H and O–H groups in total. The molecule has 3 rings (SSSR count). The molecule has 164 valence electrons. The summed E-state index contributed by atoms with van der Waals surface area (Å²) >= 11 is 5.89. The van der Waals surface area contributed by atoms with Gasteiger partial charge in [0.05, 0.1) is 6.54 Å². The molecule has 0 spiro atoms. The van der Waals surface area contributed by atoms with Gasteiger partial charge in [-0.3, -0.25) is 9.59 Å². The Balaban J connectivity index is 1.52. The van der Waals surface area contributed by atoms with E-state index in [2.05, 4.69) is 10.6 Å². The highest BCUT2D eigenvalue weighted by Gasteiger charge is 2.15. The summed E-state index contributed by atoms with van der Waals surface area (Å²) in [5.74, 6) is -0.573. The Hall–Kier alpha value is -3.84. The molecule has 8 heteroatoms. The second kappa shape index (κ2) is 11.0. The lowest BCUT2D eigenvalue weighted by Crippen LogP contribution is -2.31. The summed E-state index contributed by atoms with van der Waals surface area (Å²) in [4.78, 5) is 35.8. The number of carbonyl (C=O) groups is 3. The molecule has 0 radical (unpaired) electrons. The molecular weight excluding hydrogens is 432 g/mol. The van der Waals surface area contributed by atoms with Crippen LogP contribution in [-0.2, 0) is 25.7 Å². The molecule has 0 bridgehead atoms. The van der Waals surface area contributed by atoms with Crippen LogP contribution in [-0.4, -0.2) is 24.4 Å². The summed E-state index contributed by atoms with van der Waals surface area (Å²) in [6.45, 7) is 0.901. The van der Waals surface area contributed by atoms with E-state index < -0.39 is 24.4 Å². The van der Waals surface area contributed by atoms with Crippen LogP contribution in [0.1, 0.15) is 18.2 Å². The Morgan fingerprint density at radius 3 is 2.41 bits per heavy atom. The second-order valence-corrected chi connectivity index (χ2v) is 7.21. The molecule has 32 heavy (non-hydrogen) atoms. The Labute approximate surface area is 190 Å². The van der Waals surface area contributed by atoms with E-state index in [1.807, 2.05) is 18.2 Å². The van der Waals surface area contributed by atoms with Gasteiger partial charge in [-0.25, -0.2) is 4.79 Å². The molecule has 0 unspecified atom stereocenters. The van der Waals surface area contributed by atoms with Crippen molar-refractivity contribution in [1.82, 2.24) is 10.6 Å². The fourth-order valence-corrected chi connectivity index (χ4v) is 2.87. The fraction of sp³-hybridized carbons (Fsp3) is 0.125. The van der Waals surface area contributed by atoms with Crippen molar-refractivity contribution >= 4 is 35.5 Å². The van der Waals surface area contributed by atoms with Gasteiger partial charge in [0.2, 0.25) is 5.91 Å². The lowest BCUT2D eigenvalue weighted by Gasteiger charge is -2.09. The average Bonchev–Trinajstić information content (AvgIpc) is 3.25. The van der Waals surface area contributed by atoms with E-state index in [1.54, 1.807) is 48.5 Å².